The maximum atomic E-state index is 12.7. The molecule has 1 aromatic carbocycles. The summed E-state index contributed by atoms with van der Waals surface area (Å²) in [7, 11) is 0. The van der Waals surface area contributed by atoms with Crippen LogP contribution in [0.25, 0.3) is 21.1 Å². The van der Waals surface area contributed by atoms with Gasteiger partial charge in [-0.1, -0.05) is 0 Å². The van der Waals surface area contributed by atoms with Crippen LogP contribution in [0.3, 0.4) is 0 Å². The molecule has 0 bridgehead atoms. The van der Waals surface area contributed by atoms with Crippen LogP contribution >= 0.6 is 22.9 Å². The molecule has 1 fully saturated rings. The van der Waals surface area contributed by atoms with Gasteiger partial charge in [-0.05, 0) is 50.4 Å². The third-order valence-corrected chi connectivity index (χ3v) is 8.19. The Morgan fingerprint density at radius 1 is 1.26 bits per heavy atom. The van der Waals surface area contributed by atoms with Gasteiger partial charge in [0.05, 0.1) is 46.6 Å². The monoisotopic (exact) mass is 554 g/mol. The Balaban J connectivity index is 1.26. The highest BCUT2D eigenvalue weighted by molar-refractivity contribution is 7.21. The highest BCUT2D eigenvalue weighted by Crippen LogP contribution is 2.43. The van der Waals surface area contributed by atoms with Crippen molar-refractivity contribution in [2.75, 3.05) is 11.9 Å². The van der Waals surface area contributed by atoms with Crippen molar-refractivity contribution in [1.29, 1.82) is 0 Å². The molecule has 0 saturated heterocycles. The molecular weight excluding hydrogens is 532 g/mol. The molecule has 0 radical (unpaired) electrons. The third-order valence-electron chi connectivity index (χ3n) is 6.85. The summed E-state index contributed by atoms with van der Waals surface area (Å²) >= 11 is 7.44. The number of hydrogen-bond acceptors (Lipinski definition) is 10. The predicted molar refractivity (Wildman–Crippen MR) is 141 cm³/mol. The minimum absolute atomic E-state index is 0.000786. The highest BCUT2D eigenvalue weighted by atomic mass is 35.5. The summed E-state index contributed by atoms with van der Waals surface area (Å²) in [6, 6.07) is 3.75. The number of fused-ring (bicyclic) bond motifs is 5. The minimum Gasteiger partial charge on any atom is -0.481 e. The van der Waals surface area contributed by atoms with Crippen LogP contribution < -0.4 is 15.4 Å². The van der Waals surface area contributed by atoms with E-state index in [9.17, 15) is 14.7 Å². The van der Waals surface area contributed by atoms with E-state index in [1.165, 1.54) is 23.7 Å². The molecule has 1 saturated carbocycles. The number of aliphatic carboxylic acids is 1. The van der Waals surface area contributed by atoms with Crippen LogP contribution in [0.5, 0.6) is 11.8 Å². The molecule has 0 unspecified atom stereocenters. The first kappa shape index (κ1) is 24.7. The second-order valence-electron chi connectivity index (χ2n) is 9.85. The van der Waals surface area contributed by atoms with Gasteiger partial charge in [0, 0.05) is 28.9 Å². The number of hydrogen-bond donors (Lipinski definition) is 3. The number of aromatic nitrogens is 4. The summed E-state index contributed by atoms with van der Waals surface area (Å²) in [4.78, 5) is 42.1. The number of carboxylic acids is 1. The van der Waals surface area contributed by atoms with Crippen LogP contribution in [-0.2, 0) is 16.1 Å². The molecule has 3 aromatic heterocycles. The summed E-state index contributed by atoms with van der Waals surface area (Å²) < 4.78 is 12.8. The van der Waals surface area contributed by atoms with Crippen molar-refractivity contribution >= 4 is 61.6 Å². The molecule has 1 atom stereocenters. The van der Waals surface area contributed by atoms with Crippen molar-refractivity contribution in [1.82, 2.24) is 25.3 Å². The van der Waals surface area contributed by atoms with Crippen molar-refractivity contribution in [2.24, 2.45) is 5.41 Å². The van der Waals surface area contributed by atoms with Crippen LogP contribution in [0.1, 0.15) is 41.9 Å². The number of carbonyl (C=O) groups excluding carboxylic acids is 1. The number of nitrogens with one attached hydrogen (secondary N) is 2. The van der Waals surface area contributed by atoms with Gasteiger partial charge in [0.2, 0.25) is 17.0 Å². The van der Waals surface area contributed by atoms with Crippen LogP contribution in [-0.4, -0.2) is 55.6 Å². The molecule has 1 aliphatic heterocycles. The summed E-state index contributed by atoms with van der Waals surface area (Å²) in [5, 5.41) is 16.5. The first-order valence-electron chi connectivity index (χ1n) is 12.0. The summed E-state index contributed by atoms with van der Waals surface area (Å²) in [6.45, 7) is 4.39. The molecule has 3 N–H and O–H groups in total. The van der Waals surface area contributed by atoms with Gasteiger partial charge in [-0.25, -0.2) is 15.0 Å². The zero-order valence-electron chi connectivity index (χ0n) is 20.4. The summed E-state index contributed by atoms with van der Waals surface area (Å²) in [6.07, 6.45) is 3.69. The van der Waals surface area contributed by atoms with Gasteiger partial charge in [-0.3, -0.25) is 9.59 Å². The lowest BCUT2D eigenvalue weighted by Crippen LogP contribution is -2.45. The largest absolute Gasteiger partial charge is 0.481 e. The quantitative estimate of drug-likeness (QED) is 0.293. The maximum Gasteiger partial charge on any atom is 0.309 e. The zero-order chi connectivity index (χ0) is 26.6. The fourth-order valence-electron chi connectivity index (χ4n) is 4.73. The number of thiophene rings is 1. The van der Waals surface area contributed by atoms with Gasteiger partial charge >= 0.3 is 5.97 Å². The topological polar surface area (TPSA) is 148 Å². The van der Waals surface area contributed by atoms with Crippen molar-refractivity contribution in [2.45, 2.75) is 45.4 Å². The molecule has 196 valence electrons. The predicted octanol–water partition coefficient (Wildman–Crippen LogP) is 4.39. The Morgan fingerprint density at radius 3 is 2.87 bits per heavy atom. The standard InChI is InChI=1S/C25H23ClN6O5S/c1-11-7-27-19-17-15(38-20(19)21(33)30-11)4-3-14-18(17)28-9-16(31-14)37-22-12(8-29-24(26)32-22)10-36-13-5-25(2,6-13)23(34)35/h3-4,8-9,11,13,27H,5-7,10H2,1-2H3,(H,30,33)(H,34,35)/t11-,13-,25-/m1/s1. The summed E-state index contributed by atoms with van der Waals surface area (Å²) in [5.41, 5.74) is 1.79. The second kappa shape index (κ2) is 9.29. The molecule has 1 amide bonds. The molecule has 1 aliphatic carbocycles. The van der Waals surface area contributed by atoms with Crippen LogP contribution in [0.2, 0.25) is 5.28 Å². The van der Waals surface area contributed by atoms with Crippen molar-refractivity contribution in [3.63, 3.8) is 0 Å². The van der Waals surface area contributed by atoms with Gasteiger partial charge < -0.3 is 25.2 Å². The average molecular weight is 555 g/mol. The Hall–Kier alpha value is -3.61. The number of carbonyl (C=O) groups is 2. The molecular formula is C25H23ClN6O5S. The Kier molecular flexibility index (Phi) is 6.04. The van der Waals surface area contributed by atoms with E-state index >= 15 is 0 Å². The molecule has 13 heteroatoms. The van der Waals surface area contributed by atoms with E-state index < -0.39 is 11.4 Å². The molecule has 0 spiro atoms. The number of amides is 1. The van der Waals surface area contributed by atoms with Crippen molar-refractivity contribution < 1.29 is 24.2 Å². The van der Waals surface area contributed by atoms with E-state index in [0.29, 0.717) is 40.9 Å². The lowest BCUT2D eigenvalue weighted by Gasteiger charge is -2.41. The Labute approximate surface area is 225 Å². The van der Waals surface area contributed by atoms with Gasteiger partial charge in [0.1, 0.15) is 4.88 Å². The number of nitrogens with zero attached hydrogens (tertiary/aromatic N) is 4. The van der Waals surface area contributed by atoms with Crippen molar-refractivity contribution in [3.8, 4) is 11.8 Å². The molecule has 6 rings (SSSR count). The van der Waals surface area contributed by atoms with Gasteiger partial charge in [-0.15, -0.1) is 11.3 Å². The summed E-state index contributed by atoms with van der Waals surface area (Å²) in [5.74, 6) is -0.549. The van der Waals surface area contributed by atoms with E-state index in [4.69, 9.17) is 21.1 Å². The maximum absolute atomic E-state index is 12.7. The van der Waals surface area contributed by atoms with E-state index in [-0.39, 0.29) is 41.7 Å². The van der Waals surface area contributed by atoms with Gasteiger partial charge in [0.15, 0.2) is 0 Å². The fourth-order valence-corrected chi connectivity index (χ4v) is 5.94. The lowest BCUT2D eigenvalue weighted by molar-refractivity contribution is -0.165. The van der Waals surface area contributed by atoms with E-state index in [1.807, 2.05) is 19.1 Å². The second-order valence-corrected chi connectivity index (χ2v) is 11.2. The minimum atomic E-state index is -0.824. The number of carboxylic acid groups (broad SMARTS) is 1. The van der Waals surface area contributed by atoms with E-state index in [2.05, 4.69) is 30.6 Å². The molecule has 11 nitrogen and oxygen atoms in total. The SMILES string of the molecule is C[C@@H]1CNc2c(sc3ccc4nc(Oc5nc(Cl)ncc5CO[C@H]5C[C@](C)(C(=O)O)C5)cnc4c23)C(=O)N1. The van der Waals surface area contributed by atoms with E-state index in [0.717, 1.165) is 15.8 Å². The number of ether oxygens (including phenoxy) is 2. The fraction of sp³-hybridized carbons (Fsp3) is 0.360. The first-order valence-corrected chi connectivity index (χ1v) is 13.2. The molecule has 2 aliphatic rings. The van der Waals surface area contributed by atoms with Crippen LogP contribution in [0.15, 0.2) is 24.5 Å². The van der Waals surface area contributed by atoms with E-state index in [1.54, 1.807) is 6.92 Å². The van der Waals surface area contributed by atoms with Crippen molar-refractivity contribution in [3.05, 3.63) is 40.3 Å². The number of rotatable bonds is 6. The lowest BCUT2D eigenvalue weighted by atomic mass is 9.68. The van der Waals surface area contributed by atoms with Crippen LogP contribution in [0.4, 0.5) is 5.69 Å². The highest BCUT2D eigenvalue weighted by Gasteiger charge is 2.47. The van der Waals surface area contributed by atoms with Gasteiger partial charge in [-0.2, -0.15) is 4.98 Å². The average Bonchev–Trinajstić information content (AvgIpc) is 3.18. The smallest absolute Gasteiger partial charge is 0.309 e. The molecule has 38 heavy (non-hydrogen) atoms. The number of anilines is 1. The Morgan fingerprint density at radius 2 is 2.08 bits per heavy atom. The van der Waals surface area contributed by atoms with Crippen LogP contribution in [0, 0.1) is 5.41 Å². The molecule has 4 heterocycles. The van der Waals surface area contributed by atoms with Gasteiger partial charge in [0.25, 0.3) is 5.91 Å². The normalized spacial score (nSPS) is 22.8. The zero-order valence-corrected chi connectivity index (χ0v) is 22.0. The third kappa shape index (κ3) is 4.38. The number of halogens is 1. The Bertz CT molecular complexity index is 1600. The molecule has 4 aromatic rings. The first-order chi connectivity index (χ1) is 18.2. The number of benzene rings is 1.